The van der Waals surface area contributed by atoms with Crippen LogP contribution in [0, 0.1) is 0 Å². The molecule has 126 valence electrons. The number of amides is 1. The van der Waals surface area contributed by atoms with E-state index < -0.39 is 5.97 Å². The Balaban J connectivity index is 1.86. The normalized spacial score (nSPS) is 10.5. The van der Waals surface area contributed by atoms with E-state index in [1.165, 1.54) is 4.90 Å². The van der Waals surface area contributed by atoms with Gasteiger partial charge in [-0.05, 0) is 23.3 Å². The van der Waals surface area contributed by atoms with Gasteiger partial charge in [-0.2, -0.15) is 0 Å². The Hall–Kier alpha value is -3.48. The van der Waals surface area contributed by atoms with Gasteiger partial charge in [-0.25, -0.2) is 4.79 Å². The van der Waals surface area contributed by atoms with Gasteiger partial charge >= 0.3 is 5.97 Å². The van der Waals surface area contributed by atoms with Gasteiger partial charge in [-0.3, -0.25) is 9.89 Å². The van der Waals surface area contributed by atoms with Crippen LogP contribution in [0.1, 0.15) is 20.8 Å². The van der Waals surface area contributed by atoms with Crippen LogP contribution in [-0.2, 0) is 0 Å². The van der Waals surface area contributed by atoms with Crippen LogP contribution in [0.5, 0.6) is 0 Å². The van der Waals surface area contributed by atoms with Crippen molar-refractivity contribution in [2.24, 2.45) is 0 Å². The van der Waals surface area contributed by atoms with E-state index >= 15 is 0 Å². The Morgan fingerprint density at radius 3 is 1.96 bits per heavy atom. The van der Waals surface area contributed by atoms with Gasteiger partial charge in [0.1, 0.15) is 5.69 Å². The predicted octanol–water partition coefficient (Wildman–Crippen LogP) is 2.54. The molecule has 3 rings (SSSR count). The van der Waals surface area contributed by atoms with Crippen LogP contribution < -0.4 is 0 Å². The number of carboxylic acids is 1. The molecular formula is C18H16N4O3. The van der Waals surface area contributed by atoms with E-state index in [0.29, 0.717) is 16.8 Å². The lowest BCUT2D eigenvalue weighted by Crippen LogP contribution is -2.21. The number of aromatic carboxylic acids is 1. The lowest BCUT2D eigenvalue weighted by atomic mass is 10.0. The number of nitrogens with one attached hydrogen (secondary N) is 1. The SMILES string of the molecule is CN(C)C(=O)c1ccc(-c2ccc(-c3nn[nH]c3C(=O)O)cc2)cc1. The van der Waals surface area contributed by atoms with Crippen molar-refractivity contribution < 1.29 is 14.7 Å². The van der Waals surface area contributed by atoms with Crippen molar-refractivity contribution in [2.75, 3.05) is 14.1 Å². The molecule has 7 nitrogen and oxygen atoms in total. The molecule has 0 atom stereocenters. The lowest BCUT2D eigenvalue weighted by Gasteiger charge is -2.10. The second-order valence-corrected chi connectivity index (χ2v) is 5.69. The van der Waals surface area contributed by atoms with Crippen LogP contribution in [0.15, 0.2) is 48.5 Å². The van der Waals surface area contributed by atoms with Crippen molar-refractivity contribution in [3.8, 4) is 22.4 Å². The van der Waals surface area contributed by atoms with Gasteiger partial charge in [0.15, 0.2) is 5.69 Å². The van der Waals surface area contributed by atoms with E-state index in [9.17, 15) is 9.59 Å². The summed E-state index contributed by atoms with van der Waals surface area (Å²) >= 11 is 0. The Bertz CT molecular complexity index is 912. The molecule has 0 aliphatic rings. The number of H-pyrrole nitrogens is 1. The average molecular weight is 336 g/mol. The van der Waals surface area contributed by atoms with Gasteiger partial charge in [0.05, 0.1) is 0 Å². The first-order valence-electron chi connectivity index (χ1n) is 7.54. The maximum Gasteiger partial charge on any atom is 0.356 e. The number of rotatable bonds is 4. The van der Waals surface area contributed by atoms with Crippen molar-refractivity contribution >= 4 is 11.9 Å². The summed E-state index contributed by atoms with van der Waals surface area (Å²) in [5.41, 5.74) is 3.45. The third-order valence-electron chi connectivity index (χ3n) is 3.79. The molecule has 0 unspecified atom stereocenters. The molecule has 1 heterocycles. The molecule has 0 fully saturated rings. The number of nitrogens with zero attached hydrogens (tertiary/aromatic N) is 3. The van der Waals surface area contributed by atoms with Crippen LogP contribution in [0.4, 0.5) is 0 Å². The maximum absolute atomic E-state index is 11.9. The van der Waals surface area contributed by atoms with Crippen LogP contribution in [0.3, 0.4) is 0 Å². The number of aromatic amines is 1. The summed E-state index contributed by atoms with van der Waals surface area (Å²) < 4.78 is 0. The first-order valence-corrected chi connectivity index (χ1v) is 7.54. The standard InChI is InChI=1S/C18H16N4O3/c1-22(2)17(23)14-9-5-12(6-10-14)11-3-7-13(8-4-11)15-16(18(24)25)20-21-19-15/h3-10H,1-2H3,(H,24,25)(H,19,20,21). The zero-order chi connectivity index (χ0) is 18.0. The number of hydrogen-bond donors (Lipinski definition) is 2. The van der Waals surface area contributed by atoms with Gasteiger partial charge < -0.3 is 10.0 Å². The molecule has 0 radical (unpaired) electrons. The second kappa shape index (κ2) is 6.56. The highest BCUT2D eigenvalue weighted by atomic mass is 16.4. The Morgan fingerprint density at radius 1 is 0.920 bits per heavy atom. The van der Waals surface area contributed by atoms with Crippen LogP contribution >= 0.6 is 0 Å². The van der Waals surface area contributed by atoms with E-state index in [4.69, 9.17) is 5.11 Å². The van der Waals surface area contributed by atoms with Crippen LogP contribution in [0.25, 0.3) is 22.4 Å². The number of aromatic nitrogens is 3. The molecule has 0 aliphatic carbocycles. The Labute approximate surface area is 143 Å². The fourth-order valence-corrected chi connectivity index (χ4v) is 2.46. The first-order chi connectivity index (χ1) is 12.0. The largest absolute Gasteiger partial charge is 0.476 e. The summed E-state index contributed by atoms with van der Waals surface area (Å²) in [7, 11) is 3.43. The minimum absolute atomic E-state index is 0.0423. The zero-order valence-corrected chi connectivity index (χ0v) is 13.7. The summed E-state index contributed by atoms with van der Waals surface area (Å²) in [6, 6.07) is 14.7. The molecule has 0 saturated carbocycles. The third-order valence-corrected chi connectivity index (χ3v) is 3.79. The maximum atomic E-state index is 11.9. The number of hydrogen-bond acceptors (Lipinski definition) is 4. The van der Waals surface area contributed by atoms with Crippen molar-refractivity contribution in [1.29, 1.82) is 0 Å². The zero-order valence-electron chi connectivity index (χ0n) is 13.7. The van der Waals surface area contributed by atoms with E-state index in [1.54, 1.807) is 38.4 Å². The van der Waals surface area contributed by atoms with E-state index in [1.807, 2.05) is 24.3 Å². The number of benzene rings is 2. The molecule has 2 aromatic carbocycles. The monoisotopic (exact) mass is 336 g/mol. The highest BCUT2D eigenvalue weighted by Crippen LogP contribution is 2.25. The molecule has 0 spiro atoms. The van der Waals surface area contributed by atoms with Gasteiger partial charge in [0, 0.05) is 25.2 Å². The minimum atomic E-state index is -1.11. The molecule has 25 heavy (non-hydrogen) atoms. The highest BCUT2D eigenvalue weighted by molar-refractivity contribution is 5.94. The fourth-order valence-electron chi connectivity index (χ4n) is 2.46. The minimum Gasteiger partial charge on any atom is -0.476 e. The molecule has 0 bridgehead atoms. The predicted molar refractivity (Wildman–Crippen MR) is 92.2 cm³/mol. The molecule has 2 N–H and O–H groups in total. The van der Waals surface area contributed by atoms with E-state index in [-0.39, 0.29) is 11.6 Å². The molecule has 0 saturated heterocycles. The summed E-state index contributed by atoms with van der Waals surface area (Å²) in [5, 5.41) is 18.9. The van der Waals surface area contributed by atoms with Gasteiger partial charge in [-0.1, -0.05) is 41.6 Å². The lowest BCUT2D eigenvalue weighted by molar-refractivity contribution is 0.0690. The fraction of sp³-hybridized carbons (Fsp3) is 0.111. The number of carbonyl (C=O) groups is 2. The summed E-state index contributed by atoms with van der Waals surface area (Å²) in [4.78, 5) is 24.6. The van der Waals surface area contributed by atoms with Gasteiger partial charge in [0.25, 0.3) is 5.91 Å². The second-order valence-electron chi connectivity index (χ2n) is 5.69. The first kappa shape index (κ1) is 16.4. The topological polar surface area (TPSA) is 99.2 Å². The van der Waals surface area contributed by atoms with Crippen LogP contribution in [-0.4, -0.2) is 51.4 Å². The summed E-state index contributed by atoms with van der Waals surface area (Å²) in [6.45, 7) is 0. The Morgan fingerprint density at radius 2 is 1.44 bits per heavy atom. The molecule has 1 amide bonds. The number of carboxylic acid groups (broad SMARTS) is 1. The summed E-state index contributed by atoms with van der Waals surface area (Å²) in [5.74, 6) is -1.15. The average Bonchev–Trinajstić information content (AvgIpc) is 3.11. The smallest absolute Gasteiger partial charge is 0.356 e. The van der Waals surface area contributed by atoms with Gasteiger partial charge in [0.2, 0.25) is 0 Å². The summed E-state index contributed by atoms with van der Waals surface area (Å²) in [6.07, 6.45) is 0. The molecular weight excluding hydrogens is 320 g/mol. The van der Waals surface area contributed by atoms with E-state index in [0.717, 1.165) is 11.1 Å². The van der Waals surface area contributed by atoms with E-state index in [2.05, 4.69) is 15.4 Å². The quantitative estimate of drug-likeness (QED) is 0.763. The third kappa shape index (κ3) is 3.25. The molecule has 1 aromatic heterocycles. The highest BCUT2D eigenvalue weighted by Gasteiger charge is 2.16. The van der Waals surface area contributed by atoms with Gasteiger partial charge in [-0.15, -0.1) is 5.10 Å². The molecule has 7 heteroatoms. The van der Waals surface area contributed by atoms with Crippen molar-refractivity contribution in [2.45, 2.75) is 0 Å². The van der Waals surface area contributed by atoms with Crippen molar-refractivity contribution in [3.05, 3.63) is 59.8 Å². The molecule has 3 aromatic rings. The number of carbonyl (C=O) groups excluding carboxylic acids is 1. The van der Waals surface area contributed by atoms with Crippen molar-refractivity contribution in [1.82, 2.24) is 20.3 Å². The Kier molecular flexibility index (Phi) is 4.30. The van der Waals surface area contributed by atoms with Crippen LogP contribution in [0.2, 0.25) is 0 Å². The molecule has 0 aliphatic heterocycles. The van der Waals surface area contributed by atoms with Crippen molar-refractivity contribution in [3.63, 3.8) is 0 Å².